The average Bonchev–Trinajstić information content (AvgIpc) is 2.15. The van der Waals surface area contributed by atoms with Crippen molar-refractivity contribution in [2.75, 3.05) is 6.61 Å². The number of nitrogens with two attached hydrogens (primary N) is 1. The highest BCUT2D eigenvalue weighted by molar-refractivity contribution is 6.31. The van der Waals surface area contributed by atoms with Crippen LogP contribution in [0.15, 0.2) is 6.07 Å². The maximum Gasteiger partial charge on any atom is 0.153 e. The maximum atomic E-state index is 13.4. The molecule has 0 radical (unpaired) electrons. The summed E-state index contributed by atoms with van der Waals surface area (Å²) in [4.78, 5) is 0. The van der Waals surface area contributed by atoms with Gasteiger partial charge in [-0.3, -0.25) is 0 Å². The second-order valence-corrected chi connectivity index (χ2v) is 3.42. The molecule has 1 aromatic carbocycles. The van der Waals surface area contributed by atoms with E-state index in [0.717, 1.165) is 0 Å². The number of hydrogen-bond donors (Lipinski definition) is 3. The fraction of sp³-hybridized carbons (Fsp3) is 0.333. The van der Waals surface area contributed by atoms with Crippen LogP contribution < -0.4 is 5.73 Å². The third-order valence-corrected chi connectivity index (χ3v) is 2.34. The molecule has 0 aliphatic heterocycles. The number of halogens is 3. The fourth-order valence-electron chi connectivity index (χ4n) is 1.23. The van der Waals surface area contributed by atoms with Crippen molar-refractivity contribution >= 4 is 11.6 Å². The lowest BCUT2D eigenvalue weighted by molar-refractivity contribution is 0.274. The Kier molecular flexibility index (Phi) is 3.84. The minimum atomic E-state index is -1.09. The molecule has 4 N–H and O–H groups in total. The van der Waals surface area contributed by atoms with E-state index in [9.17, 15) is 13.9 Å². The lowest BCUT2D eigenvalue weighted by Crippen LogP contribution is -2.14. The Bertz CT molecular complexity index is 374. The molecule has 1 aromatic rings. The molecule has 3 nitrogen and oxygen atoms in total. The Hall–Kier alpha value is -0.910. The van der Waals surface area contributed by atoms with Gasteiger partial charge in [0.25, 0.3) is 0 Å². The van der Waals surface area contributed by atoms with Gasteiger partial charge >= 0.3 is 0 Å². The molecule has 0 saturated heterocycles. The minimum absolute atomic E-state index is 0.0481. The van der Waals surface area contributed by atoms with Gasteiger partial charge in [0, 0.05) is 24.3 Å². The highest BCUT2D eigenvalue weighted by Crippen LogP contribution is 2.33. The molecule has 0 heterocycles. The highest BCUT2D eigenvalue weighted by Gasteiger charge is 2.21. The molecule has 1 unspecified atom stereocenters. The molecule has 0 spiro atoms. The molecular weight excluding hydrogens is 228 g/mol. The molecule has 1 rings (SSSR count). The Morgan fingerprint density at radius 3 is 2.60 bits per heavy atom. The van der Waals surface area contributed by atoms with Gasteiger partial charge in [-0.1, -0.05) is 11.6 Å². The molecule has 0 aromatic heterocycles. The van der Waals surface area contributed by atoms with Crippen molar-refractivity contribution in [1.29, 1.82) is 0 Å². The number of aliphatic hydroxyl groups excluding tert-OH is 1. The summed E-state index contributed by atoms with van der Waals surface area (Å²) < 4.78 is 26.3. The van der Waals surface area contributed by atoms with Crippen molar-refractivity contribution < 1.29 is 19.0 Å². The van der Waals surface area contributed by atoms with Gasteiger partial charge in [0.1, 0.15) is 16.6 Å². The van der Waals surface area contributed by atoms with Crippen molar-refractivity contribution in [1.82, 2.24) is 0 Å². The zero-order chi connectivity index (χ0) is 11.6. The maximum absolute atomic E-state index is 13.4. The molecule has 0 aliphatic rings. The minimum Gasteiger partial charge on any atom is -0.507 e. The molecule has 1 atom stereocenters. The van der Waals surface area contributed by atoms with Gasteiger partial charge in [-0.2, -0.15) is 0 Å². The van der Waals surface area contributed by atoms with Crippen molar-refractivity contribution in [2.24, 2.45) is 5.73 Å². The van der Waals surface area contributed by atoms with E-state index in [1.54, 1.807) is 0 Å². The van der Waals surface area contributed by atoms with Crippen molar-refractivity contribution in [3.63, 3.8) is 0 Å². The van der Waals surface area contributed by atoms with Gasteiger partial charge < -0.3 is 15.9 Å². The molecule has 0 aliphatic carbocycles. The SMILES string of the molecule is NC(CCO)c1c(O)cc(F)c(Cl)c1F. The van der Waals surface area contributed by atoms with E-state index in [1.165, 1.54) is 0 Å². The van der Waals surface area contributed by atoms with Crippen LogP contribution in [0.25, 0.3) is 0 Å². The van der Waals surface area contributed by atoms with Crippen LogP contribution in [0.1, 0.15) is 18.0 Å². The predicted molar refractivity (Wildman–Crippen MR) is 51.7 cm³/mol. The summed E-state index contributed by atoms with van der Waals surface area (Å²) in [7, 11) is 0. The predicted octanol–water partition coefficient (Wildman–Crippen LogP) is 1.71. The second-order valence-electron chi connectivity index (χ2n) is 3.04. The molecule has 15 heavy (non-hydrogen) atoms. The molecule has 0 fully saturated rings. The molecule has 84 valence electrons. The zero-order valence-electron chi connectivity index (χ0n) is 7.67. The third-order valence-electron chi connectivity index (χ3n) is 1.99. The molecule has 0 amide bonds. The van der Waals surface area contributed by atoms with Crippen LogP contribution in [0.5, 0.6) is 5.75 Å². The van der Waals surface area contributed by atoms with Crippen molar-refractivity contribution in [3.05, 3.63) is 28.3 Å². The van der Waals surface area contributed by atoms with Crippen LogP contribution in [0.4, 0.5) is 8.78 Å². The first-order chi connectivity index (χ1) is 6.99. The summed E-state index contributed by atoms with van der Waals surface area (Å²) in [5.41, 5.74) is 5.20. The number of hydrogen-bond acceptors (Lipinski definition) is 3. The van der Waals surface area contributed by atoms with E-state index in [1.807, 2.05) is 0 Å². The monoisotopic (exact) mass is 237 g/mol. The van der Waals surface area contributed by atoms with E-state index in [-0.39, 0.29) is 18.6 Å². The Balaban J connectivity index is 3.23. The number of aromatic hydroxyl groups is 1. The number of aliphatic hydroxyl groups is 1. The summed E-state index contributed by atoms with van der Waals surface area (Å²) in [6.07, 6.45) is 0.0481. The smallest absolute Gasteiger partial charge is 0.153 e. The van der Waals surface area contributed by atoms with Gasteiger partial charge in [-0.25, -0.2) is 8.78 Å². The average molecular weight is 238 g/mol. The van der Waals surface area contributed by atoms with E-state index < -0.39 is 28.4 Å². The molecule has 6 heteroatoms. The molecular formula is C9H10ClF2NO2. The Morgan fingerprint density at radius 1 is 1.47 bits per heavy atom. The second kappa shape index (κ2) is 4.74. The van der Waals surface area contributed by atoms with Crippen LogP contribution in [0, 0.1) is 11.6 Å². The van der Waals surface area contributed by atoms with Crippen LogP contribution in [-0.4, -0.2) is 16.8 Å². The fourth-order valence-corrected chi connectivity index (χ4v) is 1.39. The third kappa shape index (κ3) is 2.37. The summed E-state index contributed by atoms with van der Waals surface area (Å²) >= 11 is 5.32. The van der Waals surface area contributed by atoms with Crippen LogP contribution in [0.3, 0.4) is 0 Å². The van der Waals surface area contributed by atoms with E-state index in [4.69, 9.17) is 22.4 Å². The lowest BCUT2D eigenvalue weighted by atomic mass is 10.0. The Labute approximate surface area is 90.1 Å². The number of benzene rings is 1. The molecule has 0 saturated carbocycles. The van der Waals surface area contributed by atoms with Gasteiger partial charge in [0.2, 0.25) is 0 Å². The summed E-state index contributed by atoms with van der Waals surface area (Å²) in [6, 6.07) is -0.231. The van der Waals surface area contributed by atoms with E-state index >= 15 is 0 Å². The largest absolute Gasteiger partial charge is 0.507 e. The number of rotatable bonds is 3. The first-order valence-electron chi connectivity index (χ1n) is 4.21. The first kappa shape index (κ1) is 12.2. The number of phenolic OH excluding ortho intramolecular Hbond substituents is 1. The van der Waals surface area contributed by atoms with Crippen LogP contribution in [0.2, 0.25) is 5.02 Å². The topological polar surface area (TPSA) is 66.5 Å². The first-order valence-corrected chi connectivity index (χ1v) is 4.59. The van der Waals surface area contributed by atoms with Crippen molar-refractivity contribution in [2.45, 2.75) is 12.5 Å². The van der Waals surface area contributed by atoms with Gasteiger partial charge in [0.15, 0.2) is 5.82 Å². The van der Waals surface area contributed by atoms with Gasteiger partial charge in [-0.15, -0.1) is 0 Å². The van der Waals surface area contributed by atoms with Crippen LogP contribution in [-0.2, 0) is 0 Å². The standard InChI is InChI=1S/C9H10ClF2NO2/c10-8-4(11)3-6(15)7(9(8)12)5(13)1-2-14/h3,5,14-15H,1-2,13H2. The molecule has 0 bridgehead atoms. The normalized spacial score (nSPS) is 12.9. The quantitative estimate of drug-likeness (QED) is 0.701. The summed E-state index contributed by atoms with van der Waals surface area (Å²) in [5, 5.41) is 17.2. The van der Waals surface area contributed by atoms with E-state index in [2.05, 4.69) is 0 Å². The summed E-state index contributed by atoms with van der Waals surface area (Å²) in [5.74, 6) is -2.74. The summed E-state index contributed by atoms with van der Waals surface area (Å²) in [6.45, 7) is -0.269. The van der Waals surface area contributed by atoms with Gasteiger partial charge in [0.05, 0.1) is 0 Å². The van der Waals surface area contributed by atoms with Gasteiger partial charge in [-0.05, 0) is 6.42 Å². The zero-order valence-corrected chi connectivity index (χ0v) is 8.43. The van der Waals surface area contributed by atoms with E-state index in [0.29, 0.717) is 6.07 Å². The Morgan fingerprint density at radius 2 is 2.07 bits per heavy atom. The van der Waals surface area contributed by atoms with Crippen molar-refractivity contribution in [3.8, 4) is 5.75 Å². The highest BCUT2D eigenvalue weighted by atomic mass is 35.5. The lowest BCUT2D eigenvalue weighted by Gasteiger charge is -2.14. The van der Waals surface area contributed by atoms with Crippen LogP contribution >= 0.6 is 11.6 Å². The number of phenols is 1.